The average molecular weight is 589 g/mol. The molecule has 4 N–H and O–H groups in total. The summed E-state index contributed by atoms with van der Waals surface area (Å²) in [5, 5.41) is 49.9. The Morgan fingerprint density at radius 2 is 1.48 bits per heavy atom. The minimum Gasteiger partial charge on any atom is -0.443 e. The molecule has 0 aliphatic carbocycles. The molecule has 1 unspecified atom stereocenters. The van der Waals surface area contributed by atoms with Gasteiger partial charge in [0.1, 0.15) is 6.10 Å². The normalized spacial score (nSPS) is 28.5. The number of rotatable bonds is 11. The first-order chi connectivity index (χ1) is 19.4. The van der Waals surface area contributed by atoms with Crippen LogP contribution in [0.1, 0.15) is 84.2 Å². The molecule has 1 aliphatic rings. The number of aromatic nitrogens is 2. The standard InChI is InChI=1S/C30H40N2O10/c1-15(2)23-22(14-21-12-10-9-11-13-21)26(31-32(23)16(3)4)42-27-29(39,19(7)35)30(40,20(8)36)28(38,18(6)34)25(41-27)24(37)17(5)33/h9-13,15-17,25,27,33,38-40H,14H2,1-8H3/t17?,25-,27+,28-,29+,30+/m1/s1. The summed E-state index contributed by atoms with van der Waals surface area (Å²) in [7, 11) is 0. The maximum Gasteiger partial charge on any atom is 0.242 e. The third kappa shape index (κ3) is 5.01. The van der Waals surface area contributed by atoms with Crippen LogP contribution in [0, 0.1) is 0 Å². The SMILES string of the molecule is CC(=O)[C@]1(O)[C@@](O)(C(C)=O)[C@@H](C(=O)C(C)O)O[C@@H](Oc2nn(C(C)C)c(C(C)C)c2Cc2ccccc2)[C@@]1(O)C(C)=O. The van der Waals surface area contributed by atoms with Crippen LogP contribution < -0.4 is 4.74 Å². The second kappa shape index (κ2) is 11.8. The first kappa shape index (κ1) is 33.2. The molecular formula is C30H40N2O10. The summed E-state index contributed by atoms with van der Waals surface area (Å²) in [6, 6.07) is 9.12. The van der Waals surface area contributed by atoms with Crippen molar-refractivity contribution in [3.05, 3.63) is 47.2 Å². The number of hydrogen-bond acceptors (Lipinski definition) is 11. The Hall–Kier alpha value is -3.29. The molecule has 1 saturated heterocycles. The van der Waals surface area contributed by atoms with Gasteiger partial charge >= 0.3 is 0 Å². The maximum atomic E-state index is 13.1. The third-order valence-electron chi connectivity index (χ3n) is 7.83. The van der Waals surface area contributed by atoms with Crippen LogP contribution in [-0.4, -0.2) is 88.6 Å². The van der Waals surface area contributed by atoms with E-state index in [-0.39, 0.29) is 24.3 Å². The molecule has 6 atom stereocenters. The molecule has 3 rings (SSSR count). The molecule has 2 aromatic rings. The molecule has 12 nitrogen and oxygen atoms in total. The smallest absolute Gasteiger partial charge is 0.242 e. The first-order valence-corrected chi connectivity index (χ1v) is 13.8. The summed E-state index contributed by atoms with van der Waals surface area (Å²) in [5.41, 5.74) is -8.34. The lowest BCUT2D eigenvalue weighted by Gasteiger charge is -2.56. The molecule has 12 heteroatoms. The summed E-state index contributed by atoms with van der Waals surface area (Å²) in [5.74, 6) is -5.61. The Labute approximate surface area is 244 Å². The van der Waals surface area contributed by atoms with Crippen LogP contribution in [0.25, 0.3) is 0 Å². The van der Waals surface area contributed by atoms with Crippen molar-refractivity contribution in [2.24, 2.45) is 0 Å². The van der Waals surface area contributed by atoms with Crippen molar-refractivity contribution >= 4 is 23.1 Å². The van der Waals surface area contributed by atoms with Gasteiger partial charge in [0.25, 0.3) is 0 Å². The summed E-state index contributed by atoms with van der Waals surface area (Å²) in [4.78, 5) is 52.1. The zero-order valence-corrected chi connectivity index (χ0v) is 25.1. The zero-order valence-electron chi connectivity index (χ0n) is 25.1. The molecule has 2 heterocycles. The van der Waals surface area contributed by atoms with Crippen LogP contribution >= 0.6 is 0 Å². The molecular weight excluding hydrogens is 548 g/mol. The lowest BCUT2D eigenvalue weighted by atomic mass is 9.60. The molecule has 0 saturated carbocycles. The van der Waals surface area contributed by atoms with Gasteiger partial charge in [0.05, 0.1) is 0 Å². The minimum atomic E-state index is -3.63. The molecule has 230 valence electrons. The molecule has 42 heavy (non-hydrogen) atoms. The number of aliphatic hydroxyl groups is 4. The van der Waals surface area contributed by atoms with Crippen molar-refractivity contribution in [1.29, 1.82) is 0 Å². The van der Waals surface area contributed by atoms with Crippen LogP contribution in [0.5, 0.6) is 5.88 Å². The largest absolute Gasteiger partial charge is 0.443 e. The van der Waals surface area contributed by atoms with Gasteiger partial charge in [0.15, 0.2) is 34.8 Å². The van der Waals surface area contributed by atoms with E-state index >= 15 is 0 Å². The van der Waals surface area contributed by atoms with Crippen molar-refractivity contribution in [1.82, 2.24) is 9.78 Å². The molecule has 1 fully saturated rings. The van der Waals surface area contributed by atoms with Crippen LogP contribution in [-0.2, 0) is 30.3 Å². The monoisotopic (exact) mass is 588 g/mol. The van der Waals surface area contributed by atoms with Crippen molar-refractivity contribution in [2.75, 3.05) is 0 Å². The van der Waals surface area contributed by atoms with E-state index in [1.807, 2.05) is 58.0 Å². The van der Waals surface area contributed by atoms with Crippen LogP contribution in [0.2, 0.25) is 0 Å². The summed E-state index contributed by atoms with van der Waals surface area (Å²) >= 11 is 0. The number of ketones is 4. The van der Waals surface area contributed by atoms with Gasteiger partial charge in [-0.2, -0.15) is 0 Å². The van der Waals surface area contributed by atoms with Gasteiger partial charge in [-0.1, -0.05) is 44.2 Å². The quantitative estimate of drug-likeness (QED) is 0.295. The van der Waals surface area contributed by atoms with Crippen molar-refractivity contribution in [3.63, 3.8) is 0 Å². The van der Waals surface area contributed by atoms with Gasteiger partial charge in [-0.05, 0) is 53.0 Å². The second-order valence-corrected chi connectivity index (χ2v) is 11.5. The maximum absolute atomic E-state index is 13.1. The number of nitrogens with zero attached hydrogens (tertiary/aromatic N) is 2. The van der Waals surface area contributed by atoms with Crippen molar-refractivity contribution in [2.45, 2.75) is 109 Å². The van der Waals surface area contributed by atoms with E-state index in [0.29, 0.717) is 5.56 Å². The number of hydrogen-bond donors (Lipinski definition) is 4. The number of benzene rings is 1. The Bertz CT molecular complexity index is 1370. The van der Waals surface area contributed by atoms with Crippen LogP contribution in [0.4, 0.5) is 0 Å². The fourth-order valence-electron chi connectivity index (χ4n) is 5.60. The molecule has 0 radical (unpaired) electrons. The Morgan fingerprint density at radius 1 is 0.929 bits per heavy atom. The molecule has 0 spiro atoms. The van der Waals surface area contributed by atoms with E-state index in [9.17, 15) is 39.6 Å². The third-order valence-corrected chi connectivity index (χ3v) is 7.83. The van der Waals surface area contributed by atoms with E-state index in [2.05, 4.69) is 5.10 Å². The van der Waals surface area contributed by atoms with E-state index in [1.165, 1.54) is 0 Å². The highest BCUT2D eigenvalue weighted by atomic mass is 16.7. The Kier molecular flexibility index (Phi) is 9.31. The summed E-state index contributed by atoms with van der Waals surface area (Å²) in [6.45, 7) is 11.0. The van der Waals surface area contributed by atoms with Gasteiger partial charge < -0.3 is 29.9 Å². The summed E-state index contributed by atoms with van der Waals surface area (Å²) < 4.78 is 13.4. The van der Waals surface area contributed by atoms with E-state index in [4.69, 9.17) is 9.47 Å². The number of ether oxygens (including phenoxy) is 2. The van der Waals surface area contributed by atoms with Crippen molar-refractivity contribution < 1.29 is 49.1 Å². The summed E-state index contributed by atoms with van der Waals surface area (Å²) in [6.07, 6.45) is -6.31. The Balaban J connectivity index is 2.34. The molecule has 1 aromatic heterocycles. The highest BCUT2D eigenvalue weighted by molar-refractivity contribution is 6.08. The number of aliphatic hydroxyl groups excluding tert-OH is 1. The number of carbonyl (C=O) groups excluding carboxylic acids is 4. The Morgan fingerprint density at radius 3 is 1.90 bits per heavy atom. The van der Waals surface area contributed by atoms with E-state index in [1.54, 1.807) is 4.68 Å². The van der Waals surface area contributed by atoms with Crippen LogP contribution in [0.15, 0.2) is 30.3 Å². The molecule has 0 amide bonds. The topological polar surface area (TPSA) is 185 Å². The second-order valence-electron chi connectivity index (χ2n) is 11.5. The molecule has 1 aromatic carbocycles. The van der Waals surface area contributed by atoms with Gasteiger partial charge in [-0.3, -0.25) is 23.9 Å². The fourth-order valence-corrected chi connectivity index (χ4v) is 5.60. The van der Waals surface area contributed by atoms with Gasteiger partial charge in [0, 0.05) is 23.7 Å². The lowest BCUT2D eigenvalue weighted by Crippen LogP contribution is -2.87. The number of carbonyl (C=O) groups is 4. The fraction of sp³-hybridized carbons (Fsp3) is 0.567. The predicted octanol–water partition coefficient (Wildman–Crippen LogP) is 1.19. The highest BCUT2D eigenvalue weighted by Crippen LogP contribution is 2.48. The van der Waals surface area contributed by atoms with Crippen LogP contribution in [0.3, 0.4) is 0 Å². The van der Waals surface area contributed by atoms with Gasteiger partial charge in [-0.25, -0.2) is 0 Å². The van der Waals surface area contributed by atoms with E-state index in [0.717, 1.165) is 39.0 Å². The predicted molar refractivity (Wildman–Crippen MR) is 149 cm³/mol. The molecule has 1 aliphatic heterocycles. The van der Waals surface area contributed by atoms with E-state index < -0.39 is 58.4 Å². The zero-order chi connectivity index (χ0) is 31.9. The first-order valence-electron chi connectivity index (χ1n) is 13.8. The average Bonchev–Trinajstić information content (AvgIpc) is 3.26. The van der Waals surface area contributed by atoms with Gasteiger partial charge in [-0.15, -0.1) is 5.10 Å². The van der Waals surface area contributed by atoms with Gasteiger partial charge in [0.2, 0.25) is 23.4 Å². The molecule has 0 bridgehead atoms. The lowest BCUT2D eigenvalue weighted by molar-refractivity contribution is -0.344. The number of Topliss-reactive ketones (excluding diaryl/α,β-unsaturated/α-hetero) is 4. The minimum absolute atomic E-state index is 0.0866. The van der Waals surface area contributed by atoms with Crippen molar-refractivity contribution in [3.8, 4) is 5.88 Å². The highest BCUT2D eigenvalue weighted by Gasteiger charge is 2.80.